The summed E-state index contributed by atoms with van der Waals surface area (Å²) in [6.45, 7) is 1.89. The number of methoxy groups -OCH3 is 1. The molecule has 0 heterocycles. The van der Waals surface area contributed by atoms with E-state index >= 15 is 0 Å². The number of hydrogen-bond donors (Lipinski definition) is 1. The van der Waals surface area contributed by atoms with Crippen LogP contribution in [-0.2, 0) is 20.5 Å². The molecule has 0 fully saturated rings. The number of carbonyl (C=O) groups excluding carboxylic acids is 1. The van der Waals surface area contributed by atoms with E-state index in [1.807, 2.05) is 13.0 Å². The number of sulfonamides is 1. The number of nitrogens with one attached hydrogen (secondary N) is 1. The number of hydrogen-bond acceptors (Lipinski definition) is 4. The smallest absolute Gasteiger partial charge is 0.339 e. The molecule has 0 aliphatic carbocycles. The van der Waals surface area contributed by atoms with Crippen LogP contribution in [0.5, 0.6) is 0 Å². The molecule has 2 rings (SSSR count). The maximum absolute atomic E-state index is 12.3. The molecule has 0 bridgehead atoms. The van der Waals surface area contributed by atoms with Crippen LogP contribution >= 0.6 is 11.6 Å². The molecular weight excluding hydrogens is 338 g/mol. The van der Waals surface area contributed by atoms with Crippen molar-refractivity contribution in [3.8, 4) is 0 Å². The van der Waals surface area contributed by atoms with Gasteiger partial charge in [0, 0.05) is 5.69 Å². The third-order valence-electron chi connectivity index (χ3n) is 3.08. The largest absolute Gasteiger partial charge is 0.465 e. The summed E-state index contributed by atoms with van der Waals surface area (Å²) in [7, 11) is -2.38. The molecule has 0 saturated carbocycles. The van der Waals surface area contributed by atoms with Crippen LogP contribution in [0.4, 0.5) is 5.69 Å². The second-order valence-corrected chi connectivity index (χ2v) is 7.17. The van der Waals surface area contributed by atoms with Crippen molar-refractivity contribution in [2.45, 2.75) is 12.7 Å². The molecule has 0 aliphatic heterocycles. The lowest BCUT2D eigenvalue weighted by molar-refractivity contribution is 0.0601. The number of halogens is 1. The van der Waals surface area contributed by atoms with Gasteiger partial charge in [0.15, 0.2) is 0 Å². The predicted molar refractivity (Wildman–Crippen MR) is 90.2 cm³/mol. The average molecular weight is 354 g/mol. The van der Waals surface area contributed by atoms with Crippen LogP contribution in [0.3, 0.4) is 0 Å². The SMILES string of the molecule is COC(=O)c1cc(NS(=O)(=O)Cc2cccc(C)c2)ccc1Cl. The zero-order chi connectivity index (χ0) is 17.0. The lowest BCUT2D eigenvalue weighted by Gasteiger charge is -2.10. The molecule has 0 amide bonds. The summed E-state index contributed by atoms with van der Waals surface area (Å²) in [6, 6.07) is 11.5. The first-order valence-corrected chi connectivity index (χ1v) is 8.77. The standard InChI is InChI=1S/C16H16ClNO4S/c1-11-4-3-5-12(8-11)10-23(20,21)18-13-6-7-15(17)14(9-13)16(19)22-2/h3-9,18H,10H2,1-2H3. The van der Waals surface area contributed by atoms with E-state index < -0.39 is 16.0 Å². The number of aryl methyl sites for hydroxylation is 1. The average Bonchev–Trinajstić information content (AvgIpc) is 2.47. The van der Waals surface area contributed by atoms with Crippen LogP contribution in [0.25, 0.3) is 0 Å². The van der Waals surface area contributed by atoms with Gasteiger partial charge in [-0.2, -0.15) is 0 Å². The lowest BCUT2D eigenvalue weighted by Crippen LogP contribution is -2.15. The van der Waals surface area contributed by atoms with E-state index in [1.165, 1.54) is 25.3 Å². The van der Waals surface area contributed by atoms with Gasteiger partial charge in [0.25, 0.3) is 0 Å². The third kappa shape index (κ3) is 4.71. The molecule has 0 aliphatic rings. The van der Waals surface area contributed by atoms with Crippen molar-refractivity contribution in [3.05, 3.63) is 64.2 Å². The number of rotatable bonds is 5. The lowest BCUT2D eigenvalue weighted by atomic mass is 10.2. The molecule has 23 heavy (non-hydrogen) atoms. The Morgan fingerprint density at radius 2 is 1.96 bits per heavy atom. The molecule has 2 aromatic rings. The molecule has 2 aromatic carbocycles. The highest BCUT2D eigenvalue weighted by Crippen LogP contribution is 2.22. The normalized spacial score (nSPS) is 11.1. The summed E-state index contributed by atoms with van der Waals surface area (Å²) in [5.41, 5.74) is 2.02. The highest BCUT2D eigenvalue weighted by atomic mass is 35.5. The summed E-state index contributed by atoms with van der Waals surface area (Å²) < 4.78 is 31.6. The van der Waals surface area contributed by atoms with Crippen molar-refractivity contribution in [2.75, 3.05) is 11.8 Å². The third-order valence-corrected chi connectivity index (χ3v) is 4.67. The van der Waals surface area contributed by atoms with Crippen molar-refractivity contribution in [1.82, 2.24) is 0 Å². The summed E-state index contributed by atoms with van der Waals surface area (Å²) in [5.74, 6) is -0.792. The van der Waals surface area contributed by atoms with Gasteiger partial charge >= 0.3 is 5.97 Å². The second-order valence-electron chi connectivity index (χ2n) is 5.04. The molecule has 5 nitrogen and oxygen atoms in total. The first-order chi connectivity index (χ1) is 10.8. The minimum atomic E-state index is -3.61. The van der Waals surface area contributed by atoms with E-state index in [4.69, 9.17) is 11.6 Å². The van der Waals surface area contributed by atoms with Gasteiger partial charge in [0.1, 0.15) is 0 Å². The van der Waals surface area contributed by atoms with Gasteiger partial charge in [-0.05, 0) is 30.7 Å². The van der Waals surface area contributed by atoms with E-state index in [-0.39, 0.29) is 22.0 Å². The van der Waals surface area contributed by atoms with Gasteiger partial charge in [-0.25, -0.2) is 13.2 Å². The van der Waals surface area contributed by atoms with Crippen molar-refractivity contribution in [1.29, 1.82) is 0 Å². The Morgan fingerprint density at radius 1 is 1.22 bits per heavy atom. The van der Waals surface area contributed by atoms with Gasteiger partial charge in [-0.3, -0.25) is 4.72 Å². The molecule has 7 heteroatoms. The Bertz CT molecular complexity index is 834. The summed E-state index contributed by atoms with van der Waals surface area (Å²) >= 11 is 5.91. The van der Waals surface area contributed by atoms with Crippen LogP contribution in [0, 0.1) is 6.92 Å². The molecule has 122 valence electrons. The predicted octanol–water partition coefficient (Wildman–Crippen LogP) is 3.38. The first-order valence-electron chi connectivity index (χ1n) is 6.74. The number of ether oxygens (including phenoxy) is 1. The van der Waals surface area contributed by atoms with Gasteiger partial charge in [0.05, 0.1) is 23.4 Å². The highest BCUT2D eigenvalue weighted by molar-refractivity contribution is 7.91. The van der Waals surface area contributed by atoms with Crippen molar-refractivity contribution in [2.24, 2.45) is 0 Å². The molecule has 0 saturated heterocycles. The summed E-state index contributed by atoms with van der Waals surface area (Å²) in [6.07, 6.45) is 0. The van der Waals surface area contributed by atoms with E-state index in [1.54, 1.807) is 18.2 Å². The molecule has 1 N–H and O–H groups in total. The van der Waals surface area contributed by atoms with Crippen molar-refractivity contribution in [3.63, 3.8) is 0 Å². The quantitative estimate of drug-likeness (QED) is 0.836. The fraction of sp³-hybridized carbons (Fsp3) is 0.188. The topological polar surface area (TPSA) is 72.5 Å². The van der Waals surface area contributed by atoms with Crippen LogP contribution in [-0.4, -0.2) is 21.5 Å². The van der Waals surface area contributed by atoms with Crippen LogP contribution in [0.2, 0.25) is 5.02 Å². The van der Waals surface area contributed by atoms with Gasteiger partial charge in [-0.1, -0.05) is 41.4 Å². The molecule has 0 atom stereocenters. The number of benzene rings is 2. The first kappa shape index (κ1) is 17.3. The fourth-order valence-corrected chi connectivity index (χ4v) is 3.46. The molecule has 0 spiro atoms. The van der Waals surface area contributed by atoms with Crippen LogP contribution in [0.15, 0.2) is 42.5 Å². The Morgan fingerprint density at radius 3 is 2.61 bits per heavy atom. The fourth-order valence-electron chi connectivity index (χ4n) is 2.09. The van der Waals surface area contributed by atoms with Crippen molar-refractivity contribution >= 4 is 33.3 Å². The zero-order valence-electron chi connectivity index (χ0n) is 12.7. The Hall–Kier alpha value is -2.05. The Balaban J connectivity index is 2.22. The van der Waals surface area contributed by atoms with Gasteiger partial charge in [-0.15, -0.1) is 0 Å². The van der Waals surface area contributed by atoms with E-state index in [2.05, 4.69) is 9.46 Å². The maximum Gasteiger partial charge on any atom is 0.339 e. The van der Waals surface area contributed by atoms with Gasteiger partial charge < -0.3 is 4.74 Å². The van der Waals surface area contributed by atoms with E-state index in [0.717, 1.165) is 5.56 Å². The van der Waals surface area contributed by atoms with E-state index in [9.17, 15) is 13.2 Å². The molecule has 0 aromatic heterocycles. The maximum atomic E-state index is 12.3. The Labute approximate surface area is 140 Å². The minimum absolute atomic E-state index is 0.102. The number of anilines is 1. The summed E-state index contributed by atoms with van der Waals surface area (Å²) in [5, 5.41) is 0.193. The number of esters is 1. The summed E-state index contributed by atoms with van der Waals surface area (Å²) in [4.78, 5) is 11.6. The minimum Gasteiger partial charge on any atom is -0.465 e. The number of carbonyl (C=O) groups is 1. The highest BCUT2D eigenvalue weighted by Gasteiger charge is 2.15. The molecular formula is C16H16ClNO4S. The van der Waals surface area contributed by atoms with Crippen LogP contribution in [0.1, 0.15) is 21.5 Å². The van der Waals surface area contributed by atoms with E-state index in [0.29, 0.717) is 5.56 Å². The second kappa shape index (κ2) is 7.02. The van der Waals surface area contributed by atoms with Crippen molar-refractivity contribution < 1.29 is 17.9 Å². The zero-order valence-corrected chi connectivity index (χ0v) is 14.2. The Kier molecular flexibility index (Phi) is 5.28. The van der Waals surface area contributed by atoms with Gasteiger partial charge in [0.2, 0.25) is 10.0 Å². The van der Waals surface area contributed by atoms with Crippen LogP contribution < -0.4 is 4.72 Å². The molecule has 0 unspecified atom stereocenters. The molecule has 0 radical (unpaired) electrons. The monoisotopic (exact) mass is 353 g/mol.